The molecule has 0 saturated heterocycles. The molecule has 0 spiro atoms. The standard InChI is InChI=1S/C27H38N2O6/c1-5-27(34)13-10-21-19-7-6-17-14-18(8-11-25(17,3)20(19)9-12-26(21,27)4)29-35-15-22(31)28-23(16(2)30)24(32)33/h1,14,16,19-21,23,30,34H,6-13,15H2,2-4H3,(H,28,31)(H,32,33)/t16-,19+,20+,21+,23-,25-,26-,27+/m0/s1. The van der Waals surface area contributed by atoms with Crippen molar-refractivity contribution in [1.29, 1.82) is 0 Å². The summed E-state index contributed by atoms with van der Waals surface area (Å²) >= 11 is 0. The van der Waals surface area contributed by atoms with E-state index in [4.69, 9.17) is 16.4 Å². The van der Waals surface area contributed by atoms with Crippen LogP contribution in [-0.2, 0) is 14.4 Å². The Kier molecular flexibility index (Phi) is 6.80. The molecule has 4 aliphatic rings. The Balaban J connectivity index is 1.41. The monoisotopic (exact) mass is 486 g/mol. The lowest BCUT2D eigenvalue weighted by Crippen LogP contribution is -2.54. The fraction of sp³-hybridized carbons (Fsp3) is 0.741. The van der Waals surface area contributed by atoms with Crippen LogP contribution in [0.1, 0.15) is 72.1 Å². The highest BCUT2D eigenvalue weighted by molar-refractivity contribution is 5.96. The molecule has 0 bridgehead atoms. The quantitative estimate of drug-likeness (QED) is 0.338. The number of aliphatic carboxylic acids is 1. The van der Waals surface area contributed by atoms with Gasteiger partial charge in [0, 0.05) is 5.41 Å². The Labute approximate surface area is 207 Å². The minimum atomic E-state index is -1.39. The third-order valence-corrected chi connectivity index (χ3v) is 9.81. The number of rotatable bonds is 6. The molecule has 192 valence electrons. The summed E-state index contributed by atoms with van der Waals surface area (Å²) in [5.74, 6) is 2.36. The van der Waals surface area contributed by atoms with E-state index in [1.807, 2.05) is 0 Å². The molecule has 8 heteroatoms. The zero-order valence-corrected chi connectivity index (χ0v) is 20.9. The fourth-order valence-electron chi connectivity index (χ4n) is 7.67. The second-order valence-electron chi connectivity index (χ2n) is 11.5. The van der Waals surface area contributed by atoms with Crippen LogP contribution >= 0.6 is 0 Å². The third-order valence-electron chi connectivity index (χ3n) is 9.81. The van der Waals surface area contributed by atoms with E-state index in [-0.39, 0.29) is 10.8 Å². The molecule has 1 amide bonds. The van der Waals surface area contributed by atoms with Crippen LogP contribution in [-0.4, -0.2) is 57.3 Å². The molecule has 0 aliphatic heterocycles. The van der Waals surface area contributed by atoms with Gasteiger partial charge in [-0.15, -0.1) is 6.42 Å². The number of carboxylic acids is 1. The van der Waals surface area contributed by atoms with E-state index in [1.54, 1.807) is 0 Å². The van der Waals surface area contributed by atoms with E-state index in [9.17, 15) is 19.8 Å². The molecule has 8 atom stereocenters. The number of carbonyl (C=O) groups is 2. The molecule has 0 aromatic rings. The molecular formula is C27H38N2O6. The van der Waals surface area contributed by atoms with E-state index < -0.39 is 36.2 Å². The first-order valence-electron chi connectivity index (χ1n) is 12.8. The summed E-state index contributed by atoms with van der Waals surface area (Å²) in [5, 5.41) is 36.1. The minimum absolute atomic E-state index is 0.0868. The number of allylic oxidation sites excluding steroid dienone is 2. The molecule has 35 heavy (non-hydrogen) atoms. The van der Waals surface area contributed by atoms with Crippen molar-refractivity contribution in [2.24, 2.45) is 33.7 Å². The number of oxime groups is 1. The molecule has 0 radical (unpaired) electrons. The minimum Gasteiger partial charge on any atom is -0.480 e. The predicted molar refractivity (Wildman–Crippen MR) is 130 cm³/mol. The number of amides is 1. The third kappa shape index (κ3) is 4.27. The van der Waals surface area contributed by atoms with Gasteiger partial charge in [-0.1, -0.05) is 30.5 Å². The summed E-state index contributed by atoms with van der Waals surface area (Å²) in [7, 11) is 0. The van der Waals surface area contributed by atoms with Gasteiger partial charge in [0.15, 0.2) is 12.6 Å². The number of carboxylic acid groups (broad SMARTS) is 1. The topological polar surface area (TPSA) is 128 Å². The van der Waals surface area contributed by atoms with Gasteiger partial charge in [0.05, 0.1) is 11.8 Å². The lowest BCUT2D eigenvalue weighted by Gasteiger charge is -2.58. The molecule has 8 nitrogen and oxygen atoms in total. The van der Waals surface area contributed by atoms with Crippen LogP contribution in [0.2, 0.25) is 0 Å². The number of aliphatic hydroxyl groups is 2. The van der Waals surface area contributed by atoms with E-state index in [1.165, 1.54) is 12.5 Å². The Bertz CT molecular complexity index is 983. The van der Waals surface area contributed by atoms with Gasteiger partial charge in [-0.05, 0) is 87.5 Å². The summed E-state index contributed by atoms with van der Waals surface area (Å²) in [6.45, 7) is 5.46. The normalized spacial score (nSPS) is 40.9. The summed E-state index contributed by atoms with van der Waals surface area (Å²) in [4.78, 5) is 28.3. The highest BCUT2D eigenvalue weighted by Gasteiger charge is 2.63. The van der Waals surface area contributed by atoms with E-state index in [2.05, 4.69) is 36.3 Å². The molecule has 0 aromatic carbocycles. The molecule has 3 saturated carbocycles. The van der Waals surface area contributed by atoms with Crippen molar-refractivity contribution in [3.63, 3.8) is 0 Å². The molecule has 4 N–H and O–H groups in total. The molecule has 0 aromatic heterocycles. The second kappa shape index (κ2) is 9.25. The van der Waals surface area contributed by atoms with Crippen LogP contribution < -0.4 is 5.32 Å². The van der Waals surface area contributed by atoms with Crippen molar-refractivity contribution in [2.75, 3.05) is 6.61 Å². The van der Waals surface area contributed by atoms with Crippen molar-refractivity contribution in [1.82, 2.24) is 5.32 Å². The number of hydrogen-bond donors (Lipinski definition) is 4. The van der Waals surface area contributed by atoms with Crippen LogP contribution in [0.5, 0.6) is 0 Å². The predicted octanol–water partition coefficient (Wildman–Crippen LogP) is 2.64. The lowest BCUT2D eigenvalue weighted by atomic mass is 9.46. The number of hydrogen-bond acceptors (Lipinski definition) is 6. The van der Waals surface area contributed by atoms with Gasteiger partial charge in [0.1, 0.15) is 5.60 Å². The van der Waals surface area contributed by atoms with Crippen molar-refractivity contribution in [3.8, 4) is 12.3 Å². The number of aliphatic hydroxyl groups excluding tert-OH is 1. The summed E-state index contributed by atoms with van der Waals surface area (Å²) < 4.78 is 0. The maximum atomic E-state index is 12.0. The van der Waals surface area contributed by atoms with Gasteiger partial charge in [0.25, 0.3) is 5.91 Å². The van der Waals surface area contributed by atoms with Crippen LogP contribution in [0.25, 0.3) is 0 Å². The smallest absolute Gasteiger partial charge is 0.328 e. The van der Waals surface area contributed by atoms with Crippen LogP contribution in [0.3, 0.4) is 0 Å². The zero-order chi connectivity index (χ0) is 25.6. The van der Waals surface area contributed by atoms with Gasteiger partial charge in [-0.25, -0.2) is 4.79 Å². The van der Waals surface area contributed by atoms with Crippen molar-refractivity contribution in [2.45, 2.75) is 89.9 Å². The highest BCUT2D eigenvalue weighted by atomic mass is 16.6. The fourth-order valence-corrected chi connectivity index (χ4v) is 7.67. The van der Waals surface area contributed by atoms with Gasteiger partial charge in [-0.2, -0.15) is 0 Å². The van der Waals surface area contributed by atoms with Gasteiger partial charge >= 0.3 is 5.97 Å². The average molecular weight is 487 g/mol. The first-order chi connectivity index (χ1) is 16.4. The number of nitrogens with one attached hydrogen (secondary N) is 1. The van der Waals surface area contributed by atoms with Crippen LogP contribution in [0, 0.1) is 40.9 Å². The number of fused-ring (bicyclic) bond motifs is 5. The Hall–Kier alpha value is -2.37. The average Bonchev–Trinajstić information content (AvgIpc) is 3.08. The molecular weight excluding hydrogens is 448 g/mol. The number of nitrogens with zero attached hydrogens (tertiary/aromatic N) is 1. The Morgan fingerprint density at radius 1 is 1.23 bits per heavy atom. The SMILES string of the molecule is C#C[C@@]1(O)CC[C@@H]2[C@@H]3CCC4=CC(=NOCC(=O)N[C@H](C(=O)O)[C@H](C)O)CC[C@]4(C)[C@@H]3CC[C@@]21C. The molecule has 3 fully saturated rings. The van der Waals surface area contributed by atoms with Crippen LogP contribution in [0.4, 0.5) is 0 Å². The second-order valence-corrected chi connectivity index (χ2v) is 11.5. The first kappa shape index (κ1) is 25.7. The molecule has 0 heterocycles. The maximum Gasteiger partial charge on any atom is 0.328 e. The molecule has 4 rings (SSSR count). The van der Waals surface area contributed by atoms with Gasteiger partial charge in [0.2, 0.25) is 0 Å². The highest BCUT2D eigenvalue weighted by Crippen LogP contribution is 2.67. The van der Waals surface area contributed by atoms with Crippen molar-refractivity contribution < 1.29 is 29.7 Å². The summed E-state index contributed by atoms with van der Waals surface area (Å²) in [5.41, 5.74) is 1.06. The van der Waals surface area contributed by atoms with Gasteiger partial charge in [-0.3, -0.25) is 4.79 Å². The molecule has 0 unspecified atom stereocenters. The number of carbonyl (C=O) groups excluding carboxylic acids is 1. The largest absolute Gasteiger partial charge is 0.480 e. The van der Waals surface area contributed by atoms with Gasteiger partial charge < -0.3 is 25.5 Å². The lowest BCUT2D eigenvalue weighted by molar-refractivity contribution is -0.145. The summed E-state index contributed by atoms with van der Waals surface area (Å²) in [6.07, 6.45) is 14.1. The van der Waals surface area contributed by atoms with E-state index in [0.717, 1.165) is 50.7 Å². The zero-order valence-electron chi connectivity index (χ0n) is 20.9. The maximum absolute atomic E-state index is 12.0. The van der Waals surface area contributed by atoms with E-state index >= 15 is 0 Å². The van der Waals surface area contributed by atoms with E-state index in [0.29, 0.717) is 24.2 Å². The van der Waals surface area contributed by atoms with Crippen LogP contribution in [0.15, 0.2) is 16.8 Å². The Morgan fingerprint density at radius 3 is 2.60 bits per heavy atom. The molecule has 4 aliphatic carbocycles. The summed E-state index contributed by atoms with van der Waals surface area (Å²) in [6, 6.07) is -1.39. The van der Waals surface area contributed by atoms with Crippen molar-refractivity contribution in [3.05, 3.63) is 11.6 Å². The number of terminal acetylenes is 1. The Morgan fingerprint density at radius 2 is 1.94 bits per heavy atom. The van der Waals surface area contributed by atoms with Crippen molar-refractivity contribution >= 4 is 17.6 Å². The first-order valence-corrected chi connectivity index (χ1v) is 12.8.